The number of benzene rings is 1. The first-order valence-electron chi connectivity index (χ1n) is 3.29. The molecule has 0 unspecified atom stereocenters. The molecule has 0 fully saturated rings. The van der Waals surface area contributed by atoms with Crippen LogP contribution in [0.15, 0.2) is 23.1 Å². The van der Waals surface area contributed by atoms with E-state index in [1.54, 1.807) is 0 Å². The quantitative estimate of drug-likeness (QED) is 0.361. The Kier molecular flexibility index (Phi) is 4.73. The van der Waals surface area contributed by atoms with Gasteiger partial charge in [-0.3, -0.25) is 14.9 Å². The van der Waals surface area contributed by atoms with Gasteiger partial charge in [0.2, 0.25) is 5.91 Å². The first kappa shape index (κ1) is 13.1. The summed E-state index contributed by atoms with van der Waals surface area (Å²) >= 11 is 3.86. The minimum Gasteiger partial charge on any atom is -0.366 e. The molecule has 5 nitrogen and oxygen atoms in total. The van der Waals surface area contributed by atoms with Crippen LogP contribution in [-0.4, -0.2) is 10.8 Å². The minimum absolute atomic E-state index is 0. The van der Waals surface area contributed by atoms with E-state index in [2.05, 4.69) is 12.6 Å². The second kappa shape index (κ2) is 5.07. The van der Waals surface area contributed by atoms with Gasteiger partial charge in [0.25, 0.3) is 5.69 Å². The van der Waals surface area contributed by atoms with Crippen LogP contribution in [0, 0.1) is 10.1 Å². The van der Waals surface area contributed by atoms with Gasteiger partial charge in [0.1, 0.15) is 0 Å². The van der Waals surface area contributed by atoms with E-state index >= 15 is 0 Å². The summed E-state index contributed by atoms with van der Waals surface area (Å²) in [4.78, 5) is 20.7. The van der Waals surface area contributed by atoms with Gasteiger partial charge in [-0.05, 0) is 12.1 Å². The summed E-state index contributed by atoms with van der Waals surface area (Å²) in [6, 6.07) is 3.85. The third kappa shape index (κ3) is 2.78. The third-order valence-corrected chi connectivity index (χ3v) is 1.83. The van der Waals surface area contributed by atoms with Crippen LogP contribution in [0.25, 0.3) is 0 Å². The number of nitro benzene ring substituents is 1. The van der Waals surface area contributed by atoms with Gasteiger partial charge in [0, 0.05) is 11.6 Å². The molecule has 0 spiro atoms. The molecule has 7 heteroatoms. The van der Waals surface area contributed by atoms with Gasteiger partial charge in [-0.2, -0.15) is 0 Å². The zero-order valence-corrected chi connectivity index (χ0v) is 11.0. The van der Waals surface area contributed by atoms with Crippen molar-refractivity contribution >= 4 is 24.2 Å². The number of carbonyl (C=O) groups is 1. The molecule has 0 radical (unpaired) electrons. The Morgan fingerprint density at radius 2 is 2.07 bits per heavy atom. The normalized spacial score (nSPS) is 8.93. The molecule has 0 atom stereocenters. The smallest absolute Gasteiger partial charge is 0.366 e. The van der Waals surface area contributed by atoms with E-state index in [9.17, 15) is 14.9 Å². The number of nitrogens with zero attached hydrogens (tertiary/aromatic N) is 1. The Morgan fingerprint density at radius 3 is 2.50 bits per heavy atom. The Bertz CT molecular complexity index is 383. The molecule has 0 heterocycles. The molecule has 2 N–H and O–H groups in total. The van der Waals surface area contributed by atoms with Gasteiger partial charge < -0.3 is 5.73 Å². The van der Waals surface area contributed by atoms with Crippen molar-refractivity contribution in [3.8, 4) is 0 Å². The maximum Gasteiger partial charge on any atom is 2.00 e. The van der Waals surface area contributed by atoms with Crippen molar-refractivity contribution in [3.63, 3.8) is 0 Å². The standard InChI is InChI=1S/C7H6N2O3S.Zn/c8-7(10)4-1-2-6(13)5(3-4)9(11)12;/h1-3,13H,(H2,8,10);/q;+2. The van der Waals surface area contributed by atoms with Crippen molar-refractivity contribution in [3.05, 3.63) is 33.9 Å². The minimum atomic E-state index is -0.698. The third-order valence-electron chi connectivity index (χ3n) is 1.46. The van der Waals surface area contributed by atoms with Crippen LogP contribution in [0.1, 0.15) is 10.4 Å². The number of primary amides is 1. The molecule has 0 aliphatic carbocycles. The predicted molar refractivity (Wildman–Crippen MR) is 48.9 cm³/mol. The van der Waals surface area contributed by atoms with Gasteiger partial charge in [0.05, 0.1) is 9.82 Å². The van der Waals surface area contributed by atoms with E-state index < -0.39 is 10.8 Å². The molecule has 1 rings (SSSR count). The zero-order valence-electron chi connectivity index (χ0n) is 7.14. The molecular formula is C7H6N2O3SZn+2. The molecule has 0 aliphatic heterocycles. The molecule has 1 aromatic rings. The first-order chi connectivity index (χ1) is 6.02. The van der Waals surface area contributed by atoms with Crippen LogP contribution in [0.4, 0.5) is 5.69 Å². The van der Waals surface area contributed by atoms with Crippen molar-refractivity contribution in [1.29, 1.82) is 0 Å². The summed E-state index contributed by atoms with van der Waals surface area (Å²) in [6.07, 6.45) is 0. The van der Waals surface area contributed by atoms with Gasteiger partial charge in [-0.25, -0.2) is 0 Å². The number of hydrogen-bond acceptors (Lipinski definition) is 4. The number of carbonyl (C=O) groups excluding carboxylic acids is 1. The fourth-order valence-electron chi connectivity index (χ4n) is 0.823. The van der Waals surface area contributed by atoms with Gasteiger partial charge >= 0.3 is 19.5 Å². The van der Waals surface area contributed by atoms with Crippen molar-refractivity contribution in [1.82, 2.24) is 0 Å². The van der Waals surface area contributed by atoms with Crippen LogP contribution in [0.2, 0.25) is 0 Å². The molecule has 1 amide bonds. The van der Waals surface area contributed by atoms with Crippen LogP contribution in [0.5, 0.6) is 0 Å². The van der Waals surface area contributed by atoms with Gasteiger partial charge in [-0.1, -0.05) is 0 Å². The van der Waals surface area contributed by atoms with Crippen LogP contribution >= 0.6 is 12.6 Å². The average molecular weight is 264 g/mol. The number of nitro groups is 1. The second-order valence-electron chi connectivity index (χ2n) is 2.32. The predicted octanol–water partition coefficient (Wildman–Crippen LogP) is 0.980. The number of thiol groups is 1. The van der Waals surface area contributed by atoms with E-state index in [1.165, 1.54) is 12.1 Å². The van der Waals surface area contributed by atoms with E-state index in [0.29, 0.717) is 0 Å². The molecule has 0 aliphatic rings. The molecule has 0 saturated heterocycles. The molecule has 14 heavy (non-hydrogen) atoms. The summed E-state index contributed by atoms with van der Waals surface area (Å²) in [6.45, 7) is 0. The van der Waals surface area contributed by atoms with Crippen molar-refractivity contribution in [2.75, 3.05) is 0 Å². The van der Waals surface area contributed by atoms with Crippen LogP contribution in [-0.2, 0) is 19.5 Å². The Morgan fingerprint density at radius 1 is 1.50 bits per heavy atom. The molecule has 0 aromatic heterocycles. The molecule has 0 saturated carbocycles. The maximum absolute atomic E-state index is 10.7. The summed E-state index contributed by atoms with van der Waals surface area (Å²) in [5.41, 5.74) is 4.83. The van der Waals surface area contributed by atoms with E-state index in [0.717, 1.165) is 6.07 Å². The van der Waals surface area contributed by atoms with Crippen LogP contribution in [0.3, 0.4) is 0 Å². The summed E-state index contributed by atoms with van der Waals surface area (Å²) in [7, 11) is 0. The van der Waals surface area contributed by atoms with Crippen molar-refractivity contribution < 1.29 is 29.2 Å². The Balaban J connectivity index is 0.00000169. The number of rotatable bonds is 2. The molecule has 1 aromatic carbocycles. The average Bonchev–Trinajstić information content (AvgIpc) is 2.04. The summed E-state index contributed by atoms with van der Waals surface area (Å²) < 4.78 is 0. The first-order valence-corrected chi connectivity index (χ1v) is 3.74. The van der Waals surface area contributed by atoms with Crippen molar-refractivity contribution in [2.45, 2.75) is 4.90 Å². The monoisotopic (exact) mass is 262 g/mol. The van der Waals surface area contributed by atoms with Gasteiger partial charge in [0.15, 0.2) is 0 Å². The maximum atomic E-state index is 10.7. The fraction of sp³-hybridized carbons (Fsp3) is 0. The summed E-state index contributed by atoms with van der Waals surface area (Å²) in [5.74, 6) is -0.698. The van der Waals surface area contributed by atoms with E-state index in [1.807, 2.05) is 0 Å². The number of hydrogen-bond donors (Lipinski definition) is 2. The molecule has 68 valence electrons. The number of nitrogens with two attached hydrogens (primary N) is 1. The topological polar surface area (TPSA) is 86.2 Å². The van der Waals surface area contributed by atoms with Crippen molar-refractivity contribution in [2.24, 2.45) is 5.73 Å². The largest absolute Gasteiger partial charge is 2.00 e. The zero-order chi connectivity index (χ0) is 10.0. The van der Waals surface area contributed by atoms with E-state index in [-0.39, 0.29) is 35.6 Å². The fourth-order valence-corrected chi connectivity index (χ4v) is 1.04. The van der Waals surface area contributed by atoms with E-state index in [4.69, 9.17) is 5.73 Å². The molecule has 0 bridgehead atoms. The SMILES string of the molecule is NC(=O)c1ccc(S)c([N+](=O)[O-])c1.[Zn+2]. The molecular weight excluding hydrogens is 258 g/mol. The van der Waals surface area contributed by atoms with Gasteiger partial charge in [-0.15, -0.1) is 12.6 Å². The Hall–Kier alpha value is -0.937. The number of amides is 1. The second-order valence-corrected chi connectivity index (χ2v) is 2.81. The summed E-state index contributed by atoms with van der Waals surface area (Å²) in [5, 5.41) is 10.4. The Labute approximate surface area is 98.0 Å². The van der Waals surface area contributed by atoms with Crippen LogP contribution < -0.4 is 5.73 Å².